The second-order valence-corrected chi connectivity index (χ2v) is 10.2. The zero-order valence-corrected chi connectivity index (χ0v) is 18.9. The van der Waals surface area contributed by atoms with E-state index >= 15 is 0 Å². The second-order valence-electron chi connectivity index (χ2n) is 7.92. The average molecular weight is 503 g/mol. The molecular weight excluding hydrogens is 475 g/mol. The first-order chi connectivity index (χ1) is 15.1. The van der Waals surface area contributed by atoms with Gasteiger partial charge in [0.15, 0.2) is 9.84 Å². The van der Waals surface area contributed by atoms with Crippen molar-refractivity contribution in [2.75, 3.05) is 18.1 Å². The number of nitrogens with two attached hydrogens (primary N) is 1. The molecule has 7 nitrogen and oxygen atoms in total. The van der Waals surface area contributed by atoms with Gasteiger partial charge in [-0.1, -0.05) is 13.8 Å². The molecule has 13 heteroatoms. The summed E-state index contributed by atoms with van der Waals surface area (Å²) in [5.41, 5.74) is 5.37. The lowest BCUT2D eigenvalue weighted by molar-refractivity contribution is -0.205. The van der Waals surface area contributed by atoms with Crippen LogP contribution in [0.25, 0.3) is 0 Å². The molecular formula is C20H27F5N2O5S. The van der Waals surface area contributed by atoms with E-state index < -0.39 is 76.8 Å². The molecule has 1 aromatic carbocycles. The van der Waals surface area contributed by atoms with Crippen molar-refractivity contribution in [3.8, 4) is 0 Å². The summed E-state index contributed by atoms with van der Waals surface area (Å²) >= 11 is 0. The predicted molar refractivity (Wildman–Crippen MR) is 110 cm³/mol. The Bertz CT molecular complexity index is 902. The van der Waals surface area contributed by atoms with Crippen LogP contribution in [0.3, 0.4) is 0 Å². The topological polar surface area (TPSA) is 116 Å². The molecule has 0 saturated heterocycles. The third-order valence-corrected chi connectivity index (χ3v) is 6.23. The van der Waals surface area contributed by atoms with Gasteiger partial charge in [0.05, 0.1) is 17.5 Å². The molecule has 33 heavy (non-hydrogen) atoms. The molecule has 0 heterocycles. The maximum absolute atomic E-state index is 13.5. The molecule has 0 aliphatic carbocycles. The van der Waals surface area contributed by atoms with E-state index in [9.17, 15) is 40.0 Å². The van der Waals surface area contributed by atoms with E-state index in [4.69, 9.17) is 5.73 Å². The van der Waals surface area contributed by atoms with Gasteiger partial charge in [0.1, 0.15) is 17.7 Å². The van der Waals surface area contributed by atoms with E-state index in [1.807, 2.05) is 13.8 Å². The van der Waals surface area contributed by atoms with Crippen LogP contribution in [-0.2, 0) is 30.6 Å². The summed E-state index contributed by atoms with van der Waals surface area (Å²) in [5, 5.41) is 2.28. The zero-order valence-electron chi connectivity index (χ0n) is 18.1. The molecule has 0 spiro atoms. The SMILES string of the molecule is CC(C)CCS(=O)(=O)CCC(=O)N[C@@H](Cc1cc(F)cc(F)c1)[C@@H](CN)OC(=O)C(F)(F)F. The summed E-state index contributed by atoms with van der Waals surface area (Å²) < 4.78 is 93.4. The van der Waals surface area contributed by atoms with Gasteiger partial charge in [-0.15, -0.1) is 0 Å². The Morgan fingerprint density at radius 3 is 2.15 bits per heavy atom. The van der Waals surface area contributed by atoms with Gasteiger partial charge in [-0.05, 0) is 36.5 Å². The normalized spacial score (nSPS) is 14.1. The molecule has 188 valence electrons. The van der Waals surface area contributed by atoms with Gasteiger partial charge >= 0.3 is 12.1 Å². The van der Waals surface area contributed by atoms with Crippen LogP contribution in [0.1, 0.15) is 32.3 Å². The highest BCUT2D eigenvalue weighted by molar-refractivity contribution is 7.91. The van der Waals surface area contributed by atoms with Crippen molar-refractivity contribution in [3.05, 3.63) is 35.4 Å². The van der Waals surface area contributed by atoms with E-state index in [0.29, 0.717) is 12.5 Å². The van der Waals surface area contributed by atoms with Crippen molar-refractivity contribution in [2.45, 2.75) is 51.4 Å². The fourth-order valence-corrected chi connectivity index (χ4v) is 4.33. The molecule has 0 bridgehead atoms. The van der Waals surface area contributed by atoms with Gasteiger partial charge in [-0.2, -0.15) is 13.2 Å². The van der Waals surface area contributed by atoms with Crippen LogP contribution in [0.15, 0.2) is 18.2 Å². The fraction of sp³-hybridized carbons (Fsp3) is 0.600. The smallest absolute Gasteiger partial charge is 0.452 e. The minimum Gasteiger partial charge on any atom is -0.452 e. The molecule has 0 aliphatic heterocycles. The van der Waals surface area contributed by atoms with Gasteiger partial charge in [0.25, 0.3) is 0 Å². The number of nitrogens with one attached hydrogen (secondary N) is 1. The van der Waals surface area contributed by atoms with Crippen molar-refractivity contribution in [3.63, 3.8) is 0 Å². The van der Waals surface area contributed by atoms with Gasteiger partial charge in [-0.25, -0.2) is 22.0 Å². The summed E-state index contributed by atoms with van der Waals surface area (Å²) in [5.74, 6) is -5.89. The quantitative estimate of drug-likeness (QED) is 0.335. The number of hydrogen-bond donors (Lipinski definition) is 2. The van der Waals surface area contributed by atoms with Crippen molar-refractivity contribution in [1.82, 2.24) is 5.32 Å². The van der Waals surface area contributed by atoms with Gasteiger partial charge in [0.2, 0.25) is 5.91 Å². The van der Waals surface area contributed by atoms with Gasteiger partial charge < -0.3 is 15.8 Å². The maximum Gasteiger partial charge on any atom is 0.490 e. The summed E-state index contributed by atoms with van der Waals surface area (Å²) in [6.07, 6.45) is -7.60. The van der Waals surface area contributed by atoms with Crippen LogP contribution in [0.4, 0.5) is 22.0 Å². The highest BCUT2D eigenvalue weighted by Gasteiger charge is 2.43. The van der Waals surface area contributed by atoms with Crippen LogP contribution >= 0.6 is 0 Å². The number of alkyl halides is 3. The van der Waals surface area contributed by atoms with Crippen molar-refractivity contribution >= 4 is 21.7 Å². The molecule has 3 N–H and O–H groups in total. The first kappa shape index (κ1) is 28.8. The Morgan fingerprint density at radius 2 is 1.67 bits per heavy atom. The average Bonchev–Trinajstić information content (AvgIpc) is 2.67. The molecule has 0 aromatic heterocycles. The standard InChI is InChI=1S/C20H27F5N2O5S/c1-12(2)3-5-33(30,31)6-4-18(28)27-16(9-13-7-14(21)10-15(22)8-13)17(11-26)32-19(29)20(23,24)25/h7-8,10,12,16-17H,3-6,9,11,26H2,1-2H3,(H,27,28)/t16-,17+/m0/s1. The molecule has 2 atom stereocenters. The first-order valence-electron chi connectivity index (χ1n) is 10.1. The minimum atomic E-state index is -5.34. The number of carbonyl (C=O) groups excluding carboxylic acids is 2. The van der Waals surface area contributed by atoms with Gasteiger partial charge in [-0.3, -0.25) is 4.79 Å². The third kappa shape index (κ3) is 10.9. The molecule has 0 unspecified atom stereocenters. The number of hydrogen-bond acceptors (Lipinski definition) is 6. The first-order valence-corrected chi connectivity index (χ1v) is 11.9. The molecule has 0 saturated carbocycles. The van der Waals surface area contributed by atoms with E-state index in [-0.39, 0.29) is 17.2 Å². The second kappa shape index (κ2) is 12.3. The molecule has 0 radical (unpaired) electrons. The van der Waals surface area contributed by atoms with Crippen molar-refractivity contribution in [1.29, 1.82) is 0 Å². The molecule has 1 rings (SSSR count). The number of halogens is 5. The summed E-state index contributed by atoms with van der Waals surface area (Å²) in [4.78, 5) is 23.6. The van der Waals surface area contributed by atoms with Crippen LogP contribution in [0.2, 0.25) is 0 Å². The van der Waals surface area contributed by atoms with E-state index in [0.717, 1.165) is 12.1 Å². The lowest BCUT2D eigenvalue weighted by atomic mass is 10.0. The van der Waals surface area contributed by atoms with E-state index in [1.54, 1.807) is 0 Å². The molecule has 0 fully saturated rings. The Kier molecular flexibility index (Phi) is 10.7. The van der Waals surface area contributed by atoms with Crippen LogP contribution in [-0.4, -0.2) is 56.7 Å². The number of sulfone groups is 1. The number of ether oxygens (including phenoxy) is 1. The molecule has 1 amide bonds. The highest BCUT2D eigenvalue weighted by Crippen LogP contribution is 2.20. The predicted octanol–water partition coefficient (Wildman–Crippen LogP) is 2.28. The monoisotopic (exact) mass is 502 g/mol. The lowest BCUT2D eigenvalue weighted by Crippen LogP contribution is -2.51. The molecule has 1 aromatic rings. The Morgan fingerprint density at radius 1 is 1.09 bits per heavy atom. The largest absolute Gasteiger partial charge is 0.490 e. The van der Waals surface area contributed by atoms with Crippen molar-refractivity contribution in [2.24, 2.45) is 11.7 Å². The summed E-state index contributed by atoms with van der Waals surface area (Å²) in [6, 6.07) is 0.937. The van der Waals surface area contributed by atoms with Crippen molar-refractivity contribution < 1.29 is 44.7 Å². The van der Waals surface area contributed by atoms with Gasteiger partial charge in [0, 0.05) is 19.0 Å². The number of amides is 1. The third-order valence-electron chi connectivity index (χ3n) is 4.54. The summed E-state index contributed by atoms with van der Waals surface area (Å²) in [6.45, 7) is 3.01. The van der Waals surface area contributed by atoms with E-state index in [2.05, 4.69) is 10.1 Å². The fourth-order valence-electron chi connectivity index (χ4n) is 2.80. The molecule has 0 aliphatic rings. The minimum absolute atomic E-state index is 0.0520. The lowest BCUT2D eigenvalue weighted by Gasteiger charge is -2.27. The number of rotatable bonds is 12. The number of carbonyl (C=O) groups is 2. The zero-order chi connectivity index (χ0) is 25.4. The highest BCUT2D eigenvalue weighted by atomic mass is 32.2. The summed E-state index contributed by atoms with van der Waals surface area (Å²) in [7, 11) is -3.56. The Labute approximate surface area is 188 Å². The number of esters is 1. The Hall–Kier alpha value is -2.28. The van der Waals surface area contributed by atoms with Crippen LogP contribution < -0.4 is 11.1 Å². The maximum atomic E-state index is 13.5. The van der Waals surface area contributed by atoms with E-state index in [1.165, 1.54) is 0 Å². The Balaban J connectivity index is 3.00. The van der Waals surface area contributed by atoms with Crippen LogP contribution in [0, 0.1) is 17.6 Å². The van der Waals surface area contributed by atoms with Crippen LogP contribution in [0.5, 0.6) is 0 Å². The number of benzene rings is 1.